The van der Waals surface area contributed by atoms with Crippen molar-refractivity contribution in [3.63, 3.8) is 0 Å². The Labute approximate surface area is 120 Å². The summed E-state index contributed by atoms with van der Waals surface area (Å²) in [6.45, 7) is 4.50. The van der Waals surface area contributed by atoms with Gasteiger partial charge in [-0.25, -0.2) is 0 Å². The van der Waals surface area contributed by atoms with Crippen molar-refractivity contribution in [1.82, 2.24) is 10.3 Å². The van der Waals surface area contributed by atoms with Crippen molar-refractivity contribution in [3.05, 3.63) is 66.0 Å². The van der Waals surface area contributed by atoms with Crippen molar-refractivity contribution < 1.29 is 4.79 Å². The number of pyridine rings is 1. The Morgan fingerprint density at radius 3 is 2.50 bits per heavy atom. The van der Waals surface area contributed by atoms with Crippen molar-refractivity contribution in [2.75, 3.05) is 6.54 Å². The maximum Gasteiger partial charge on any atom is 0.230 e. The molecule has 0 fully saturated rings. The molecule has 0 unspecified atom stereocenters. The van der Waals surface area contributed by atoms with E-state index in [0.717, 1.165) is 12.0 Å². The maximum atomic E-state index is 12.3. The SMILES string of the molecule is CC(C)(C(=O)NCCc1ccncc1)c1cc[c]cc1. The van der Waals surface area contributed by atoms with Crippen LogP contribution in [0.2, 0.25) is 0 Å². The number of nitrogens with zero attached hydrogens (tertiary/aromatic N) is 1. The lowest BCUT2D eigenvalue weighted by molar-refractivity contribution is -0.125. The molecule has 0 aliphatic rings. The van der Waals surface area contributed by atoms with Crippen LogP contribution in [0.5, 0.6) is 0 Å². The van der Waals surface area contributed by atoms with Gasteiger partial charge in [0.2, 0.25) is 5.91 Å². The molecule has 0 spiro atoms. The fourth-order valence-electron chi connectivity index (χ4n) is 2.03. The number of hydrogen-bond acceptors (Lipinski definition) is 2. The minimum Gasteiger partial charge on any atom is -0.355 e. The molecule has 0 aliphatic heterocycles. The van der Waals surface area contributed by atoms with Gasteiger partial charge in [0, 0.05) is 18.9 Å². The highest BCUT2D eigenvalue weighted by Gasteiger charge is 2.28. The highest BCUT2D eigenvalue weighted by atomic mass is 16.2. The second kappa shape index (κ2) is 6.33. The van der Waals surface area contributed by atoms with Crippen molar-refractivity contribution in [2.24, 2.45) is 0 Å². The summed E-state index contributed by atoms with van der Waals surface area (Å²) >= 11 is 0. The minimum atomic E-state index is -0.534. The van der Waals surface area contributed by atoms with Gasteiger partial charge >= 0.3 is 0 Å². The number of carbonyl (C=O) groups excluding carboxylic acids is 1. The Bertz CT molecular complexity index is 550. The fourth-order valence-corrected chi connectivity index (χ4v) is 2.03. The second-order valence-corrected chi connectivity index (χ2v) is 5.28. The van der Waals surface area contributed by atoms with E-state index in [4.69, 9.17) is 0 Å². The van der Waals surface area contributed by atoms with E-state index in [1.807, 2.05) is 50.2 Å². The van der Waals surface area contributed by atoms with Crippen LogP contribution in [0.25, 0.3) is 0 Å². The van der Waals surface area contributed by atoms with Crippen LogP contribution in [0.3, 0.4) is 0 Å². The Balaban J connectivity index is 1.91. The van der Waals surface area contributed by atoms with Crippen molar-refractivity contribution in [1.29, 1.82) is 0 Å². The van der Waals surface area contributed by atoms with Crippen LogP contribution in [0, 0.1) is 6.07 Å². The number of amides is 1. The third kappa shape index (κ3) is 3.44. The minimum absolute atomic E-state index is 0.0396. The highest BCUT2D eigenvalue weighted by molar-refractivity contribution is 5.87. The van der Waals surface area contributed by atoms with Gasteiger partial charge in [-0.1, -0.05) is 24.3 Å². The lowest BCUT2D eigenvalue weighted by atomic mass is 9.84. The third-order valence-corrected chi connectivity index (χ3v) is 3.46. The molecule has 0 saturated heterocycles. The maximum absolute atomic E-state index is 12.3. The summed E-state index contributed by atoms with van der Waals surface area (Å²) in [6, 6.07) is 14.4. The normalized spacial score (nSPS) is 11.1. The molecule has 0 atom stereocenters. The van der Waals surface area contributed by atoms with E-state index >= 15 is 0 Å². The molecule has 1 N–H and O–H groups in total. The first-order chi connectivity index (χ1) is 9.60. The molecular weight excluding hydrogens is 248 g/mol. The van der Waals surface area contributed by atoms with Crippen molar-refractivity contribution in [2.45, 2.75) is 25.7 Å². The Hall–Kier alpha value is -2.16. The molecule has 0 saturated carbocycles. The molecule has 1 aromatic heterocycles. The Morgan fingerprint density at radius 1 is 1.20 bits per heavy atom. The standard InChI is InChI=1S/C17H19N2O/c1-17(2,15-6-4-3-5-7-15)16(20)19-13-10-14-8-11-18-12-9-14/h4-9,11-12H,10,13H2,1-2H3,(H,19,20). The third-order valence-electron chi connectivity index (χ3n) is 3.46. The van der Waals surface area contributed by atoms with Gasteiger partial charge < -0.3 is 5.32 Å². The average Bonchev–Trinajstić information content (AvgIpc) is 2.49. The number of aromatic nitrogens is 1. The van der Waals surface area contributed by atoms with E-state index in [1.165, 1.54) is 5.56 Å². The van der Waals surface area contributed by atoms with E-state index in [2.05, 4.69) is 16.4 Å². The van der Waals surface area contributed by atoms with Gasteiger partial charge in [0.05, 0.1) is 5.41 Å². The summed E-state index contributed by atoms with van der Waals surface area (Å²) < 4.78 is 0. The molecule has 20 heavy (non-hydrogen) atoms. The second-order valence-electron chi connectivity index (χ2n) is 5.28. The van der Waals surface area contributed by atoms with Gasteiger partial charge in [-0.3, -0.25) is 9.78 Å². The number of rotatable bonds is 5. The molecule has 3 heteroatoms. The van der Waals surface area contributed by atoms with Gasteiger partial charge in [0.25, 0.3) is 0 Å². The summed E-state index contributed by atoms with van der Waals surface area (Å²) in [6.07, 6.45) is 4.34. The first-order valence-electron chi connectivity index (χ1n) is 6.74. The first-order valence-corrected chi connectivity index (χ1v) is 6.74. The summed E-state index contributed by atoms with van der Waals surface area (Å²) in [4.78, 5) is 16.3. The summed E-state index contributed by atoms with van der Waals surface area (Å²) in [7, 11) is 0. The first kappa shape index (κ1) is 14.3. The predicted molar refractivity (Wildman–Crippen MR) is 79.3 cm³/mol. The van der Waals surface area contributed by atoms with Crippen LogP contribution in [-0.2, 0) is 16.6 Å². The van der Waals surface area contributed by atoms with E-state index in [-0.39, 0.29) is 5.91 Å². The predicted octanol–water partition coefficient (Wildman–Crippen LogP) is 2.52. The molecule has 2 rings (SSSR count). The fraction of sp³-hybridized carbons (Fsp3) is 0.294. The molecule has 3 nitrogen and oxygen atoms in total. The van der Waals surface area contributed by atoms with Gasteiger partial charge in [0.1, 0.15) is 0 Å². The Morgan fingerprint density at radius 2 is 1.85 bits per heavy atom. The van der Waals surface area contributed by atoms with E-state index in [1.54, 1.807) is 12.4 Å². The van der Waals surface area contributed by atoms with Crippen molar-refractivity contribution >= 4 is 5.91 Å². The van der Waals surface area contributed by atoms with Gasteiger partial charge in [0.15, 0.2) is 0 Å². The molecular formula is C17H19N2O. The quantitative estimate of drug-likeness (QED) is 0.904. The van der Waals surface area contributed by atoms with Crippen LogP contribution in [0.15, 0.2) is 48.8 Å². The zero-order chi connectivity index (χ0) is 14.4. The van der Waals surface area contributed by atoms with Crippen LogP contribution < -0.4 is 5.32 Å². The van der Waals surface area contributed by atoms with Crippen LogP contribution >= 0.6 is 0 Å². The Kier molecular flexibility index (Phi) is 4.51. The van der Waals surface area contributed by atoms with E-state index in [0.29, 0.717) is 6.54 Å². The van der Waals surface area contributed by atoms with Gasteiger partial charge in [-0.05, 0) is 49.6 Å². The monoisotopic (exact) mass is 267 g/mol. The lowest BCUT2D eigenvalue weighted by Gasteiger charge is -2.24. The molecule has 1 amide bonds. The molecule has 2 aromatic rings. The highest BCUT2D eigenvalue weighted by Crippen LogP contribution is 2.22. The smallest absolute Gasteiger partial charge is 0.230 e. The van der Waals surface area contributed by atoms with Gasteiger partial charge in [-0.2, -0.15) is 0 Å². The largest absolute Gasteiger partial charge is 0.355 e. The van der Waals surface area contributed by atoms with Crippen molar-refractivity contribution in [3.8, 4) is 0 Å². The van der Waals surface area contributed by atoms with E-state index in [9.17, 15) is 4.79 Å². The molecule has 1 heterocycles. The topological polar surface area (TPSA) is 42.0 Å². The number of carbonyl (C=O) groups is 1. The number of hydrogen-bond donors (Lipinski definition) is 1. The molecule has 1 aromatic carbocycles. The average molecular weight is 267 g/mol. The lowest BCUT2D eigenvalue weighted by Crippen LogP contribution is -2.40. The molecule has 1 radical (unpaired) electrons. The molecule has 0 aliphatic carbocycles. The number of benzene rings is 1. The van der Waals surface area contributed by atoms with Crippen LogP contribution in [0.4, 0.5) is 0 Å². The summed E-state index contributed by atoms with van der Waals surface area (Å²) in [5.41, 5.74) is 1.64. The van der Waals surface area contributed by atoms with E-state index < -0.39 is 5.41 Å². The molecule has 103 valence electrons. The van der Waals surface area contributed by atoms with Crippen LogP contribution in [0.1, 0.15) is 25.0 Å². The zero-order valence-corrected chi connectivity index (χ0v) is 11.9. The van der Waals surface area contributed by atoms with Crippen LogP contribution in [-0.4, -0.2) is 17.4 Å². The number of nitrogens with one attached hydrogen (secondary N) is 1. The summed E-state index contributed by atoms with van der Waals surface area (Å²) in [5, 5.41) is 3.00. The molecule has 0 bridgehead atoms. The van der Waals surface area contributed by atoms with Gasteiger partial charge in [-0.15, -0.1) is 0 Å². The summed E-state index contributed by atoms with van der Waals surface area (Å²) in [5.74, 6) is 0.0396. The zero-order valence-electron chi connectivity index (χ0n) is 11.9.